The third kappa shape index (κ3) is 4.76. The average molecular weight is 305 g/mol. The first-order valence-corrected chi connectivity index (χ1v) is 7.18. The smallest absolute Gasteiger partial charge is 0.339 e. The van der Waals surface area contributed by atoms with Crippen molar-refractivity contribution in [3.63, 3.8) is 0 Å². The molecule has 0 spiro atoms. The summed E-state index contributed by atoms with van der Waals surface area (Å²) >= 11 is 5.84. The highest BCUT2D eigenvalue weighted by atomic mass is 35.5. The fourth-order valence-electron chi connectivity index (χ4n) is 1.82. The molecule has 1 aromatic heterocycles. The lowest BCUT2D eigenvalue weighted by atomic mass is 10.1. The number of nitrogens with zero attached hydrogens (tertiary/aromatic N) is 1. The van der Waals surface area contributed by atoms with Gasteiger partial charge in [-0.15, -0.1) is 0 Å². The van der Waals surface area contributed by atoms with Gasteiger partial charge in [0.1, 0.15) is 5.82 Å². The van der Waals surface area contributed by atoms with Gasteiger partial charge in [-0.25, -0.2) is 9.78 Å². The molecule has 0 aliphatic carbocycles. The molecule has 1 N–H and O–H groups in total. The highest BCUT2D eigenvalue weighted by molar-refractivity contribution is 6.30. The molecule has 0 fully saturated rings. The number of halogens is 1. The Morgan fingerprint density at radius 3 is 2.62 bits per heavy atom. The van der Waals surface area contributed by atoms with E-state index < -0.39 is 0 Å². The van der Waals surface area contributed by atoms with Crippen molar-refractivity contribution in [3.8, 4) is 0 Å². The van der Waals surface area contributed by atoms with Crippen molar-refractivity contribution >= 4 is 23.4 Å². The average Bonchev–Trinajstić information content (AvgIpc) is 2.50. The van der Waals surface area contributed by atoms with Crippen LogP contribution in [0, 0.1) is 0 Å². The molecule has 2 aromatic rings. The Morgan fingerprint density at radius 1 is 1.24 bits per heavy atom. The number of benzene rings is 1. The van der Waals surface area contributed by atoms with Crippen molar-refractivity contribution in [1.29, 1.82) is 0 Å². The van der Waals surface area contributed by atoms with Crippen LogP contribution in [-0.2, 0) is 11.2 Å². The van der Waals surface area contributed by atoms with E-state index in [2.05, 4.69) is 10.3 Å². The summed E-state index contributed by atoms with van der Waals surface area (Å²) < 4.78 is 4.91. The molecular formula is C16H17ClN2O2. The van der Waals surface area contributed by atoms with Gasteiger partial charge >= 0.3 is 5.97 Å². The van der Waals surface area contributed by atoms with Crippen molar-refractivity contribution in [2.75, 3.05) is 18.5 Å². The highest BCUT2D eigenvalue weighted by Crippen LogP contribution is 2.11. The van der Waals surface area contributed by atoms with Crippen molar-refractivity contribution in [2.24, 2.45) is 0 Å². The van der Waals surface area contributed by atoms with Gasteiger partial charge < -0.3 is 10.1 Å². The second kappa shape index (κ2) is 7.64. The van der Waals surface area contributed by atoms with Gasteiger partial charge in [0.15, 0.2) is 0 Å². The summed E-state index contributed by atoms with van der Waals surface area (Å²) in [7, 11) is 0. The zero-order valence-electron chi connectivity index (χ0n) is 11.8. The minimum Gasteiger partial charge on any atom is -0.462 e. The predicted octanol–water partition coefficient (Wildman–Crippen LogP) is 3.57. The summed E-state index contributed by atoms with van der Waals surface area (Å²) in [6.07, 6.45) is 2.39. The third-order valence-corrected chi connectivity index (χ3v) is 3.16. The van der Waals surface area contributed by atoms with E-state index in [-0.39, 0.29) is 5.97 Å². The summed E-state index contributed by atoms with van der Waals surface area (Å²) in [5.41, 5.74) is 1.66. The van der Waals surface area contributed by atoms with E-state index in [0.29, 0.717) is 12.2 Å². The van der Waals surface area contributed by atoms with Crippen LogP contribution in [0.1, 0.15) is 22.8 Å². The molecule has 21 heavy (non-hydrogen) atoms. The van der Waals surface area contributed by atoms with Crippen LogP contribution in [0.4, 0.5) is 5.82 Å². The minimum atomic E-state index is -0.349. The van der Waals surface area contributed by atoms with E-state index in [4.69, 9.17) is 16.3 Å². The fraction of sp³-hybridized carbons (Fsp3) is 0.250. The SMILES string of the molecule is CCOC(=O)c1ccc(NCCc2ccc(Cl)cc2)nc1. The summed E-state index contributed by atoms with van der Waals surface area (Å²) in [4.78, 5) is 15.7. The number of hydrogen-bond donors (Lipinski definition) is 1. The number of aromatic nitrogens is 1. The molecule has 4 nitrogen and oxygen atoms in total. The maximum absolute atomic E-state index is 11.5. The van der Waals surface area contributed by atoms with Crippen LogP contribution in [0.5, 0.6) is 0 Å². The maximum Gasteiger partial charge on any atom is 0.339 e. The minimum absolute atomic E-state index is 0.349. The largest absolute Gasteiger partial charge is 0.462 e. The standard InChI is InChI=1S/C16H17ClN2O2/c1-2-21-16(20)13-5-8-15(19-11-13)18-10-9-12-3-6-14(17)7-4-12/h3-8,11H,2,9-10H2,1H3,(H,18,19). The van der Waals surface area contributed by atoms with Gasteiger partial charge in [-0.2, -0.15) is 0 Å². The van der Waals surface area contributed by atoms with E-state index >= 15 is 0 Å². The molecule has 0 atom stereocenters. The predicted molar refractivity (Wildman–Crippen MR) is 83.8 cm³/mol. The maximum atomic E-state index is 11.5. The van der Waals surface area contributed by atoms with Crippen LogP contribution in [0.3, 0.4) is 0 Å². The Bertz CT molecular complexity index is 582. The third-order valence-electron chi connectivity index (χ3n) is 2.91. The molecule has 1 heterocycles. The molecule has 0 radical (unpaired) electrons. The van der Waals surface area contributed by atoms with E-state index in [0.717, 1.165) is 23.8 Å². The second-order valence-corrected chi connectivity index (χ2v) is 4.89. The van der Waals surface area contributed by atoms with Gasteiger partial charge in [0.2, 0.25) is 0 Å². The van der Waals surface area contributed by atoms with Crippen molar-refractivity contribution in [3.05, 3.63) is 58.7 Å². The number of hydrogen-bond acceptors (Lipinski definition) is 4. The van der Waals surface area contributed by atoms with Crippen molar-refractivity contribution in [1.82, 2.24) is 4.98 Å². The number of pyridine rings is 1. The van der Waals surface area contributed by atoms with Gasteiger partial charge in [-0.05, 0) is 43.2 Å². The van der Waals surface area contributed by atoms with Gasteiger partial charge in [-0.1, -0.05) is 23.7 Å². The number of carbonyl (C=O) groups is 1. The second-order valence-electron chi connectivity index (χ2n) is 4.46. The molecular weight excluding hydrogens is 288 g/mol. The Hall–Kier alpha value is -2.07. The Kier molecular flexibility index (Phi) is 5.58. The molecule has 2 rings (SSSR count). The van der Waals surface area contributed by atoms with Crippen LogP contribution in [0.25, 0.3) is 0 Å². The highest BCUT2D eigenvalue weighted by Gasteiger charge is 2.06. The summed E-state index contributed by atoms with van der Waals surface area (Å²) in [6.45, 7) is 2.89. The first-order valence-electron chi connectivity index (χ1n) is 6.80. The molecule has 0 amide bonds. The molecule has 0 unspecified atom stereocenters. The first-order chi connectivity index (χ1) is 10.2. The quantitative estimate of drug-likeness (QED) is 0.829. The van der Waals surface area contributed by atoms with E-state index in [1.165, 1.54) is 11.8 Å². The van der Waals surface area contributed by atoms with Crippen LogP contribution in [0.15, 0.2) is 42.6 Å². The van der Waals surface area contributed by atoms with Crippen LogP contribution in [0.2, 0.25) is 5.02 Å². The molecule has 0 saturated heterocycles. The van der Waals surface area contributed by atoms with Gasteiger partial charge in [-0.3, -0.25) is 0 Å². The molecule has 0 bridgehead atoms. The van der Waals surface area contributed by atoms with Crippen molar-refractivity contribution in [2.45, 2.75) is 13.3 Å². The number of carbonyl (C=O) groups excluding carboxylic acids is 1. The summed E-state index contributed by atoms with van der Waals surface area (Å²) in [6, 6.07) is 11.2. The van der Waals surface area contributed by atoms with Gasteiger partial charge in [0.05, 0.1) is 12.2 Å². The van der Waals surface area contributed by atoms with Gasteiger partial charge in [0, 0.05) is 17.8 Å². The molecule has 0 saturated carbocycles. The molecule has 5 heteroatoms. The van der Waals surface area contributed by atoms with E-state index in [1.807, 2.05) is 24.3 Å². The van der Waals surface area contributed by atoms with Crippen LogP contribution < -0.4 is 5.32 Å². The molecule has 1 aromatic carbocycles. The lowest BCUT2D eigenvalue weighted by Gasteiger charge is -2.07. The number of esters is 1. The molecule has 0 aliphatic heterocycles. The Morgan fingerprint density at radius 2 is 2.00 bits per heavy atom. The topological polar surface area (TPSA) is 51.2 Å². The Balaban J connectivity index is 1.83. The van der Waals surface area contributed by atoms with E-state index in [1.54, 1.807) is 19.1 Å². The van der Waals surface area contributed by atoms with Crippen molar-refractivity contribution < 1.29 is 9.53 Å². The summed E-state index contributed by atoms with van der Waals surface area (Å²) in [5, 5.41) is 3.95. The summed E-state index contributed by atoms with van der Waals surface area (Å²) in [5.74, 6) is 0.384. The normalized spacial score (nSPS) is 10.2. The zero-order chi connectivity index (χ0) is 15.1. The lowest BCUT2D eigenvalue weighted by molar-refractivity contribution is 0.0526. The lowest BCUT2D eigenvalue weighted by Crippen LogP contribution is -2.08. The Labute approximate surface area is 129 Å². The molecule has 110 valence electrons. The fourth-order valence-corrected chi connectivity index (χ4v) is 1.95. The van der Waals surface area contributed by atoms with Crippen LogP contribution in [-0.4, -0.2) is 24.1 Å². The zero-order valence-corrected chi connectivity index (χ0v) is 12.6. The number of ether oxygens (including phenoxy) is 1. The van der Waals surface area contributed by atoms with Gasteiger partial charge in [0.25, 0.3) is 0 Å². The number of anilines is 1. The number of nitrogens with one attached hydrogen (secondary N) is 1. The monoisotopic (exact) mass is 304 g/mol. The van der Waals surface area contributed by atoms with E-state index in [9.17, 15) is 4.79 Å². The first kappa shape index (κ1) is 15.3. The molecule has 0 aliphatic rings. The van der Waals surface area contributed by atoms with Crippen LogP contribution >= 0.6 is 11.6 Å². The number of rotatable bonds is 6.